The van der Waals surface area contributed by atoms with Gasteiger partial charge in [-0.2, -0.15) is 0 Å². The van der Waals surface area contributed by atoms with Gasteiger partial charge in [0.1, 0.15) is 11.9 Å². The van der Waals surface area contributed by atoms with Gasteiger partial charge in [0.25, 0.3) is 0 Å². The van der Waals surface area contributed by atoms with E-state index in [1.165, 1.54) is 0 Å². The Hall–Kier alpha value is -1.52. The number of ether oxygens (including phenoxy) is 1. The normalized spacial score (nSPS) is 11.2. The van der Waals surface area contributed by atoms with Gasteiger partial charge in [-0.15, -0.1) is 0 Å². The average Bonchev–Trinajstić information content (AvgIpc) is 2.62. The summed E-state index contributed by atoms with van der Waals surface area (Å²) in [5.74, 6) is 0. The van der Waals surface area contributed by atoms with Gasteiger partial charge in [-0.05, 0) is 33.6 Å². The number of carbonyl (C=O) groups excluding carboxylic acids is 1. The predicted molar refractivity (Wildman–Crippen MR) is 59.1 cm³/mol. The van der Waals surface area contributed by atoms with Crippen molar-refractivity contribution in [2.45, 2.75) is 39.2 Å². The van der Waals surface area contributed by atoms with Crippen molar-refractivity contribution in [2.75, 3.05) is 6.54 Å². The molecule has 0 saturated heterocycles. The molecular weight excluding hydrogens is 208 g/mol. The summed E-state index contributed by atoms with van der Waals surface area (Å²) >= 11 is 0. The molecule has 0 spiro atoms. The summed E-state index contributed by atoms with van der Waals surface area (Å²) in [7, 11) is 0. The fourth-order valence-electron chi connectivity index (χ4n) is 1.15. The van der Waals surface area contributed by atoms with Crippen molar-refractivity contribution >= 4 is 6.09 Å². The van der Waals surface area contributed by atoms with E-state index in [1.54, 1.807) is 12.5 Å². The molecule has 5 heteroatoms. The lowest BCUT2D eigenvalue weighted by Gasteiger charge is -2.19. The van der Waals surface area contributed by atoms with E-state index >= 15 is 0 Å². The van der Waals surface area contributed by atoms with E-state index in [9.17, 15) is 4.79 Å². The average molecular weight is 226 g/mol. The molecular formula is C11H18N2O3. The van der Waals surface area contributed by atoms with Crippen molar-refractivity contribution in [2.24, 2.45) is 0 Å². The van der Waals surface area contributed by atoms with Crippen LogP contribution in [-0.2, 0) is 11.2 Å². The van der Waals surface area contributed by atoms with Crippen molar-refractivity contribution in [3.63, 3.8) is 0 Å². The first-order valence-corrected chi connectivity index (χ1v) is 5.32. The third kappa shape index (κ3) is 5.38. The number of nitrogens with zero attached hydrogens (tertiary/aromatic N) is 1. The van der Waals surface area contributed by atoms with Crippen molar-refractivity contribution in [1.29, 1.82) is 0 Å². The molecule has 0 radical (unpaired) electrons. The maximum Gasteiger partial charge on any atom is 0.407 e. The predicted octanol–water partition coefficient (Wildman–Crippen LogP) is 2.13. The Bertz CT molecular complexity index is 314. The molecule has 90 valence electrons. The van der Waals surface area contributed by atoms with Crippen LogP contribution in [0, 0.1) is 0 Å². The Morgan fingerprint density at radius 1 is 1.56 bits per heavy atom. The zero-order valence-electron chi connectivity index (χ0n) is 9.95. The summed E-state index contributed by atoms with van der Waals surface area (Å²) < 4.78 is 9.79. The van der Waals surface area contributed by atoms with Crippen molar-refractivity contribution in [1.82, 2.24) is 10.5 Å². The molecule has 1 rings (SSSR count). The summed E-state index contributed by atoms with van der Waals surface area (Å²) in [4.78, 5) is 11.3. The fourth-order valence-corrected chi connectivity index (χ4v) is 1.15. The van der Waals surface area contributed by atoms with Gasteiger partial charge >= 0.3 is 6.09 Å². The zero-order chi connectivity index (χ0) is 12.0. The van der Waals surface area contributed by atoms with Crippen LogP contribution >= 0.6 is 0 Å². The van der Waals surface area contributed by atoms with E-state index in [2.05, 4.69) is 10.5 Å². The van der Waals surface area contributed by atoms with Crippen molar-refractivity contribution in [3.05, 3.63) is 18.0 Å². The number of hydrogen-bond donors (Lipinski definition) is 1. The first-order chi connectivity index (χ1) is 7.47. The molecule has 1 N–H and O–H groups in total. The molecule has 1 amide bonds. The van der Waals surface area contributed by atoms with Crippen LogP contribution in [0.15, 0.2) is 17.0 Å². The third-order valence-corrected chi connectivity index (χ3v) is 1.79. The van der Waals surface area contributed by atoms with Crippen LogP contribution in [0.3, 0.4) is 0 Å². The Morgan fingerprint density at radius 3 is 2.88 bits per heavy atom. The number of hydrogen-bond acceptors (Lipinski definition) is 4. The Morgan fingerprint density at radius 2 is 2.31 bits per heavy atom. The van der Waals surface area contributed by atoms with Crippen LogP contribution in [0.1, 0.15) is 32.8 Å². The molecule has 0 aliphatic heterocycles. The molecule has 0 saturated carbocycles. The van der Waals surface area contributed by atoms with Crippen molar-refractivity contribution in [3.8, 4) is 0 Å². The lowest BCUT2D eigenvalue weighted by Crippen LogP contribution is -2.33. The lowest BCUT2D eigenvalue weighted by atomic mass is 10.2. The SMILES string of the molecule is CC(C)(C)OC(=O)NCCCc1cnoc1. The standard InChI is InChI=1S/C11H18N2O3/c1-11(2,3)16-10(14)12-6-4-5-9-7-13-15-8-9/h7-8H,4-6H2,1-3H3,(H,12,14). The monoisotopic (exact) mass is 226 g/mol. The Labute approximate surface area is 95.1 Å². The number of rotatable bonds is 4. The minimum Gasteiger partial charge on any atom is -0.444 e. The Balaban J connectivity index is 2.09. The number of nitrogens with one attached hydrogen (secondary N) is 1. The maximum absolute atomic E-state index is 11.3. The summed E-state index contributed by atoms with van der Waals surface area (Å²) in [6.07, 6.45) is 4.57. The second kappa shape index (κ2) is 5.53. The van der Waals surface area contributed by atoms with Gasteiger partial charge in [-0.1, -0.05) is 5.16 Å². The molecule has 0 atom stereocenters. The first-order valence-electron chi connectivity index (χ1n) is 5.32. The minimum atomic E-state index is -0.446. The maximum atomic E-state index is 11.3. The second-order valence-electron chi connectivity index (χ2n) is 4.56. The molecule has 1 aromatic heterocycles. The van der Waals surface area contributed by atoms with Crippen LogP contribution in [0.25, 0.3) is 0 Å². The van der Waals surface area contributed by atoms with E-state index in [0.717, 1.165) is 18.4 Å². The number of aromatic nitrogens is 1. The number of carbonyl (C=O) groups is 1. The summed E-state index contributed by atoms with van der Waals surface area (Å²) in [6, 6.07) is 0. The van der Waals surface area contributed by atoms with Gasteiger partial charge < -0.3 is 14.6 Å². The first kappa shape index (κ1) is 12.5. The van der Waals surface area contributed by atoms with Crippen LogP contribution < -0.4 is 5.32 Å². The largest absolute Gasteiger partial charge is 0.444 e. The zero-order valence-corrected chi connectivity index (χ0v) is 9.95. The highest BCUT2D eigenvalue weighted by atomic mass is 16.6. The van der Waals surface area contributed by atoms with Crippen molar-refractivity contribution < 1.29 is 14.1 Å². The molecule has 0 aliphatic carbocycles. The third-order valence-electron chi connectivity index (χ3n) is 1.79. The van der Waals surface area contributed by atoms with Gasteiger partial charge in [0.2, 0.25) is 0 Å². The molecule has 0 aromatic carbocycles. The number of amides is 1. The minimum absolute atomic E-state index is 0.377. The second-order valence-corrected chi connectivity index (χ2v) is 4.56. The topological polar surface area (TPSA) is 64.4 Å². The number of aryl methyl sites for hydroxylation is 1. The fraction of sp³-hybridized carbons (Fsp3) is 0.636. The highest BCUT2D eigenvalue weighted by Crippen LogP contribution is 2.06. The van der Waals surface area contributed by atoms with Gasteiger partial charge in [0.05, 0.1) is 6.20 Å². The van der Waals surface area contributed by atoms with Gasteiger partial charge in [0.15, 0.2) is 0 Å². The van der Waals surface area contributed by atoms with Gasteiger partial charge in [-0.3, -0.25) is 0 Å². The smallest absolute Gasteiger partial charge is 0.407 e. The van der Waals surface area contributed by atoms with Crippen LogP contribution in [0.4, 0.5) is 4.79 Å². The molecule has 16 heavy (non-hydrogen) atoms. The number of alkyl carbamates (subject to hydrolysis) is 1. The molecule has 1 aromatic rings. The van der Waals surface area contributed by atoms with E-state index in [0.29, 0.717) is 6.54 Å². The highest BCUT2D eigenvalue weighted by molar-refractivity contribution is 5.67. The van der Waals surface area contributed by atoms with E-state index in [1.807, 2.05) is 20.8 Å². The summed E-state index contributed by atoms with van der Waals surface area (Å²) in [5, 5.41) is 6.29. The summed E-state index contributed by atoms with van der Waals surface area (Å²) in [6.45, 7) is 6.09. The molecule has 0 unspecified atom stereocenters. The van der Waals surface area contributed by atoms with E-state index < -0.39 is 5.60 Å². The molecule has 5 nitrogen and oxygen atoms in total. The highest BCUT2D eigenvalue weighted by Gasteiger charge is 2.15. The Kier molecular flexibility index (Phi) is 4.34. The van der Waals surface area contributed by atoms with Gasteiger partial charge in [0, 0.05) is 12.1 Å². The van der Waals surface area contributed by atoms with Crippen LogP contribution in [0.5, 0.6) is 0 Å². The van der Waals surface area contributed by atoms with Crippen LogP contribution in [-0.4, -0.2) is 23.4 Å². The van der Waals surface area contributed by atoms with Crippen LogP contribution in [0.2, 0.25) is 0 Å². The summed E-state index contributed by atoms with van der Waals surface area (Å²) in [5.41, 5.74) is 0.587. The molecule has 0 aliphatic rings. The molecule has 0 bridgehead atoms. The van der Waals surface area contributed by atoms with Gasteiger partial charge in [-0.25, -0.2) is 4.79 Å². The van der Waals surface area contributed by atoms with E-state index in [4.69, 9.17) is 9.26 Å². The molecule has 1 heterocycles. The quantitative estimate of drug-likeness (QED) is 0.799. The van der Waals surface area contributed by atoms with E-state index in [-0.39, 0.29) is 6.09 Å². The molecule has 0 fully saturated rings. The lowest BCUT2D eigenvalue weighted by molar-refractivity contribution is 0.0527.